The fraction of sp³-hybridized carbons (Fsp3) is 0.0909. The van der Waals surface area contributed by atoms with Crippen molar-refractivity contribution in [3.05, 3.63) is 36.7 Å². The van der Waals surface area contributed by atoms with Gasteiger partial charge in [0.2, 0.25) is 0 Å². The lowest BCUT2D eigenvalue weighted by molar-refractivity contribution is 0.412. The summed E-state index contributed by atoms with van der Waals surface area (Å²) in [4.78, 5) is 8.12. The number of ether oxygens (including phenoxy) is 1. The SMILES string of the molecule is COc1ccc(O)c(-c2ncccn2)c1. The average molecular weight is 202 g/mol. The molecule has 4 heteroatoms. The van der Waals surface area contributed by atoms with Crippen LogP contribution in [0.3, 0.4) is 0 Å². The van der Waals surface area contributed by atoms with Gasteiger partial charge in [0, 0.05) is 12.4 Å². The van der Waals surface area contributed by atoms with E-state index in [0.717, 1.165) is 0 Å². The van der Waals surface area contributed by atoms with Crippen LogP contribution in [-0.2, 0) is 0 Å². The maximum Gasteiger partial charge on any atom is 0.163 e. The standard InChI is InChI=1S/C11H10N2O2/c1-15-8-3-4-10(14)9(7-8)11-12-5-2-6-13-11/h2-7,14H,1H3. The summed E-state index contributed by atoms with van der Waals surface area (Å²) in [7, 11) is 1.57. The fourth-order valence-corrected chi connectivity index (χ4v) is 1.26. The van der Waals surface area contributed by atoms with Crippen LogP contribution in [0.1, 0.15) is 0 Å². The molecule has 2 aromatic rings. The van der Waals surface area contributed by atoms with Crippen molar-refractivity contribution in [2.24, 2.45) is 0 Å². The number of aromatic hydroxyl groups is 1. The number of phenols is 1. The molecule has 1 heterocycles. The molecule has 0 amide bonds. The highest BCUT2D eigenvalue weighted by Crippen LogP contribution is 2.29. The van der Waals surface area contributed by atoms with Crippen LogP contribution in [0.25, 0.3) is 11.4 Å². The number of phenolic OH excluding ortho intramolecular Hbond substituents is 1. The molecule has 0 bridgehead atoms. The smallest absolute Gasteiger partial charge is 0.163 e. The van der Waals surface area contributed by atoms with Gasteiger partial charge in [0.1, 0.15) is 11.5 Å². The fourth-order valence-electron chi connectivity index (χ4n) is 1.26. The Morgan fingerprint density at radius 2 is 1.93 bits per heavy atom. The normalized spacial score (nSPS) is 9.93. The van der Waals surface area contributed by atoms with Gasteiger partial charge in [-0.3, -0.25) is 0 Å². The zero-order chi connectivity index (χ0) is 10.7. The lowest BCUT2D eigenvalue weighted by atomic mass is 10.2. The van der Waals surface area contributed by atoms with E-state index in [-0.39, 0.29) is 5.75 Å². The van der Waals surface area contributed by atoms with Crippen LogP contribution in [-0.4, -0.2) is 22.2 Å². The van der Waals surface area contributed by atoms with Gasteiger partial charge in [-0.25, -0.2) is 9.97 Å². The van der Waals surface area contributed by atoms with Gasteiger partial charge in [0.25, 0.3) is 0 Å². The second-order valence-corrected chi connectivity index (χ2v) is 2.96. The number of benzene rings is 1. The quantitative estimate of drug-likeness (QED) is 0.807. The molecular weight excluding hydrogens is 192 g/mol. The summed E-state index contributed by atoms with van der Waals surface area (Å²) in [5.41, 5.74) is 0.565. The molecule has 0 saturated heterocycles. The summed E-state index contributed by atoms with van der Waals surface area (Å²) in [5.74, 6) is 1.28. The molecule has 0 radical (unpaired) electrons. The van der Waals surface area contributed by atoms with Crippen LogP contribution in [0.15, 0.2) is 36.7 Å². The first-order valence-corrected chi connectivity index (χ1v) is 4.45. The molecule has 0 aliphatic heterocycles. The van der Waals surface area contributed by atoms with Crippen molar-refractivity contribution in [2.75, 3.05) is 7.11 Å². The Kier molecular flexibility index (Phi) is 2.49. The topological polar surface area (TPSA) is 55.2 Å². The maximum absolute atomic E-state index is 9.65. The molecule has 2 rings (SSSR count). The van der Waals surface area contributed by atoms with E-state index < -0.39 is 0 Å². The third-order valence-electron chi connectivity index (χ3n) is 2.01. The van der Waals surface area contributed by atoms with Crippen molar-refractivity contribution in [1.82, 2.24) is 9.97 Å². The van der Waals surface area contributed by atoms with Crippen molar-refractivity contribution < 1.29 is 9.84 Å². The van der Waals surface area contributed by atoms with E-state index in [0.29, 0.717) is 17.1 Å². The van der Waals surface area contributed by atoms with Gasteiger partial charge >= 0.3 is 0 Å². The third-order valence-corrected chi connectivity index (χ3v) is 2.01. The molecule has 0 aliphatic rings. The number of hydrogen-bond donors (Lipinski definition) is 1. The van der Waals surface area contributed by atoms with Gasteiger partial charge in [0.15, 0.2) is 5.82 Å². The molecule has 15 heavy (non-hydrogen) atoms. The third kappa shape index (κ3) is 1.88. The van der Waals surface area contributed by atoms with Crippen LogP contribution < -0.4 is 4.74 Å². The lowest BCUT2D eigenvalue weighted by Gasteiger charge is -2.05. The number of aromatic nitrogens is 2. The molecule has 0 atom stereocenters. The van der Waals surface area contributed by atoms with Gasteiger partial charge in [-0.05, 0) is 24.3 Å². The van der Waals surface area contributed by atoms with Gasteiger partial charge in [-0.15, -0.1) is 0 Å². The predicted molar refractivity (Wildman–Crippen MR) is 55.7 cm³/mol. The van der Waals surface area contributed by atoms with E-state index in [1.165, 1.54) is 0 Å². The Morgan fingerprint density at radius 1 is 1.20 bits per heavy atom. The minimum absolute atomic E-state index is 0.141. The van der Waals surface area contributed by atoms with E-state index in [2.05, 4.69) is 9.97 Å². The molecule has 76 valence electrons. The monoisotopic (exact) mass is 202 g/mol. The van der Waals surface area contributed by atoms with Gasteiger partial charge in [-0.1, -0.05) is 0 Å². The number of hydrogen-bond acceptors (Lipinski definition) is 4. The highest BCUT2D eigenvalue weighted by Gasteiger charge is 2.07. The molecule has 0 saturated carbocycles. The summed E-state index contributed by atoms with van der Waals surface area (Å²) in [6.07, 6.45) is 3.25. The van der Waals surface area contributed by atoms with Crippen molar-refractivity contribution in [1.29, 1.82) is 0 Å². The molecule has 1 N–H and O–H groups in total. The van der Waals surface area contributed by atoms with Gasteiger partial charge < -0.3 is 9.84 Å². The number of nitrogens with zero attached hydrogens (tertiary/aromatic N) is 2. The zero-order valence-electron chi connectivity index (χ0n) is 8.21. The first-order valence-electron chi connectivity index (χ1n) is 4.45. The van der Waals surface area contributed by atoms with E-state index >= 15 is 0 Å². The van der Waals surface area contributed by atoms with Crippen molar-refractivity contribution in [2.45, 2.75) is 0 Å². The Balaban J connectivity index is 2.52. The first-order chi connectivity index (χ1) is 7.31. The second kappa shape index (κ2) is 3.96. The Hall–Kier alpha value is -2.10. The maximum atomic E-state index is 9.65. The van der Waals surface area contributed by atoms with Crippen LogP contribution in [0.2, 0.25) is 0 Å². The second-order valence-electron chi connectivity index (χ2n) is 2.96. The predicted octanol–water partition coefficient (Wildman–Crippen LogP) is 1.86. The van der Waals surface area contributed by atoms with E-state index in [1.54, 1.807) is 43.8 Å². The number of rotatable bonds is 2. The molecule has 0 fully saturated rings. The summed E-state index contributed by atoms with van der Waals surface area (Å²) in [5, 5.41) is 9.65. The Morgan fingerprint density at radius 3 is 2.60 bits per heavy atom. The lowest BCUT2D eigenvalue weighted by Crippen LogP contribution is -1.89. The van der Waals surface area contributed by atoms with Crippen LogP contribution in [0.5, 0.6) is 11.5 Å². The number of methoxy groups -OCH3 is 1. The van der Waals surface area contributed by atoms with Crippen molar-refractivity contribution in [3.8, 4) is 22.9 Å². The average Bonchev–Trinajstić information content (AvgIpc) is 2.31. The van der Waals surface area contributed by atoms with E-state index in [1.807, 2.05) is 0 Å². The molecule has 4 nitrogen and oxygen atoms in total. The Bertz CT molecular complexity index is 457. The zero-order valence-corrected chi connectivity index (χ0v) is 8.21. The van der Waals surface area contributed by atoms with E-state index in [9.17, 15) is 5.11 Å². The highest BCUT2D eigenvalue weighted by molar-refractivity contribution is 5.65. The van der Waals surface area contributed by atoms with Gasteiger partial charge in [-0.2, -0.15) is 0 Å². The summed E-state index contributed by atoms with van der Waals surface area (Å²) >= 11 is 0. The van der Waals surface area contributed by atoms with Gasteiger partial charge in [0.05, 0.1) is 12.7 Å². The van der Waals surface area contributed by atoms with Crippen molar-refractivity contribution in [3.63, 3.8) is 0 Å². The van der Waals surface area contributed by atoms with Crippen LogP contribution in [0, 0.1) is 0 Å². The largest absolute Gasteiger partial charge is 0.507 e. The van der Waals surface area contributed by atoms with Crippen LogP contribution in [0.4, 0.5) is 0 Å². The van der Waals surface area contributed by atoms with E-state index in [4.69, 9.17) is 4.74 Å². The summed E-state index contributed by atoms with van der Waals surface area (Å²) < 4.78 is 5.06. The molecule has 1 aromatic carbocycles. The Labute approximate surface area is 87.2 Å². The minimum Gasteiger partial charge on any atom is -0.507 e. The molecular formula is C11H10N2O2. The molecule has 1 aromatic heterocycles. The molecule has 0 aliphatic carbocycles. The molecule has 0 spiro atoms. The summed E-state index contributed by atoms with van der Waals surface area (Å²) in [6.45, 7) is 0. The van der Waals surface area contributed by atoms with Crippen LogP contribution >= 0.6 is 0 Å². The summed E-state index contributed by atoms with van der Waals surface area (Å²) in [6, 6.07) is 6.66. The first kappa shape index (κ1) is 9.45. The highest BCUT2D eigenvalue weighted by atomic mass is 16.5. The minimum atomic E-state index is 0.141. The van der Waals surface area contributed by atoms with Crippen molar-refractivity contribution >= 4 is 0 Å². The molecule has 0 unspecified atom stereocenters.